The Hall–Kier alpha value is -4.95. The number of nitrogens with one attached hydrogen (secondary N) is 2. The van der Waals surface area contributed by atoms with Crippen LogP contribution in [0.5, 0.6) is 0 Å². The average Bonchev–Trinajstić information content (AvgIpc) is 3.75. The van der Waals surface area contributed by atoms with Crippen LogP contribution >= 0.6 is 0 Å². The first-order valence-electron chi connectivity index (χ1n) is 25.3. The molecule has 5 heterocycles. The fraction of sp³-hybridized carbons (Fsp3) is 0.635. The fourth-order valence-corrected chi connectivity index (χ4v) is 10.3. The van der Waals surface area contributed by atoms with Crippen LogP contribution < -0.4 is 10.9 Å². The highest BCUT2D eigenvalue weighted by molar-refractivity contribution is 5.88. The van der Waals surface area contributed by atoms with Gasteiger partial charge in [-0.05, 0) is 99.8 Å². The minimum atomic E-state index is -0.774. The molecule has 3 saturated heterocycles. The van der Waals surface area contributed by atoms with Crippen molar-refractivity contribution in [2.45, 2.75) is 148 Å². The second-order valence-corrected chi connectivity index (χ2v) is 19.3. The molecule has 0 aliphatic carbocycles. The predicted molar refractivity (Wildman–Crippen MR) is 261 cm³/mol. The van der Waals surface area contributed by atoms with Gasteiger partial charge in [0.05, 0.1) is 12.1 Å². The Morgan fingerprint density at radius 2 is 1.44 bits per heavy atom. The first-order chi connectivity index (χ1) is 32.1. The van der Waals surface area contributed by atoms with Crippen LogP contribution in [0.3, 0.4) is 0 Å². The average molecular weight is 909 g/mol. The lowest BCUT2D eigenvalue weighted by atomic mass is 9.89. The van der Waals surface area contributed by atoms with E-state index in [9.17, 15) is 19.2 Å². The molecule has 3 amide bonds. The number of aromatic nitrogens is 3. The van der Waals surface area contributed by atoms with E-state index in [0.29, 0.717) is 58.1 Å². The lowest BCUT2D eigenvalue weighted by Crippen LogP contribution is -2.59. The number of benzene rings is 2. The Labute approximate surface area is 391 Å². The predicted octanol–water partition coefficient (Wildman–Crippen LogP) is 8.74. The summed E-state index contributed by atoms with van der Waals surface area (Å²) in [7, 11) is 2.18. The number of aromatic amines is 1. The van der Waals surface area contributed by atoms with Gasteiger partial charge in [-0.1, -0.05) is 102 Å². The number of hydrogen-bond donors (Lipinski definition) is 2. The Kier molecular flexibility index (Phi) is 18.3. The van der Waals surface area contributed by atoms with E-state index in [1.165, 1.54) is 57.8 Å². The van der Waals surface area contributed by atoms with Crippen molar-refractivity contribution in [3.8, 4) is 0 Å². The lowest BCUT2D eigenvalue weighted by Gasteiger charge is -2.43. The Balaban J connectivity index is 0.922. The molecule has 2 aromatic heterocycles. The van der Waals surface area contributed by atoms with Gasteiger partial charge in [0.1, 0.15) is 6.04 Å². The zero-order valence-electron chi connectivity index (χ0n) is 40.1. The summed E-state index contributed by atoms with van der Waals surface area (Å²) >= 11 is 0. The highest BCUT2D eigenvalue weighted by atomic mass is 16.7. The second kappa shape index (κ2) is 24.7. The number of likely N-dealkylation sites (tertiary alicyclic amines) is 2. The van der Waals surface area contributed by atoms with Gasteiger partial charge in [-0.3, -0.25) is 14.5 Å². The van der Waals surface area contributed by atoms with Crippen LogP contribution in [0.2, 0.25) is 0 Å². The molecule has 66 heavy (non-hydrogen) atoms. The number of unbranched alkanes of at least 4 members (excludes halogenated alkanes) is 11. The molecule has 3 fully saturated rings. The summed E-state index contributed by atoms with van der Waals surface area (Å²) < 4.78 is 12.4. The van der Waals surface area contributed by atoms with Crippen molar-refractivity contribution >= 4 is 39.9 Å². The summed E-state index contributed by atoms with van der Waals surface area (Å²) in [5.74, 6) is -0.0377. The molecule has 14 nitrogen and oxygen atoms in total. The summed E-state index contributed by atoms with van der Waals surface area (Å²) in [6.45, 7) is 10.5. The van der Waals surface area contributed by atoms with Gasteiger partial charge in [0, 0.05) is 74.4 Å². The van der Waals surface area contributed by atoms with Crippen LogP contribution in [0.15, 0.2) is 53.5 Å². The maximum atomic E-state index is 14.5. The first kappa shape index (κ1) is 49.0. The number of ether oxygens (including phenoxy) is 2. The number of rotatable bonds is 21. The number of nitrogens with zero attached hydrogens (tertiary/aromatic N) is 6. The van der Waals surface area contributed by atoms with Crippen LogP contribution in [0.25, 0.3) is 21.8 Å². The van der Waals surface area contributed by atoms with Gasteiger partial charge in [0.15, 0.2) is 6.73 Å². The molecule has 0 spiro atoms. The number of fused-ring (bicyclic) bond motifs is 2. The molecule has 1 unspecified atom stereocenters. The first-order valence-corrected chi connectivity index (χ1v) is 25.3. The van der Waals surface area contributed by atoms with E-state index in [-0.39, 0.29) is 30.1 Å². The summed E-state index contributed by atoms with van der Waals surface area (Å²) in [6.07, 6.45) is 20.0. The van der Waals surface area contributed by atoms with Crippen molar-refractivity contribution in [3.05, 3.63) is 75.7 Å². The third-order valence-corrected chi connectivity index (χ3v) is 14.3. The SMILES string of the molecule is CCCCCCCCCCCCCCOC(=O)OCn1cc2cc(CC(NC(=O)N3CCC(c4cc5ccccc5[nH]c4=O)CC3)C(=O)N3CCN(C4CCN(C)CC4)CC3)cc(C)c2n1. The lowest BCUT2D eigenvalue weighted by molar-refractivity contribution is -0.135. The molecule has 2 aromatic carbocycles. The van der Waals surface area contributed by atoms with Crippen LogP contribution in [-0.4, -0.2) is 131 Å². The third kappa shape index (κ3) is 13.8. The maximum Gasteiger partial charge on any atom is 0.510 e. The van der Waals surface area contributed by atoms with Crippen LogP contribution in [-0.2, 0) is 27.4 Å². The smallest absolute Gasteiger partial charge is 0.434 e. The van der Waals surface area contributed by atoms with E-state index in [1.807, 2.05) is 60.5 Å². The normalized spacial score (nSPS) is 17.4. The molecule has 14 heteroatoms. The van der Waals surface area contributed by atoms with Gasteiger partial charge in [-0.15, -0.1) is 0 Å². The number of amides is 3. The minimum absolute atomic E-state index is 0.0384. The number of piperidine rings is 2. The molecule has 0 radical (unpaired) electrons. The highest BCUT2D eigenvalue weighted by Crippen LogP contribution is 2.28. The standard InChI is InChI=1S/C52H76N8O6/c1-4-5-6-7-8-9-10-11-12-13-14-17-32-65-52(64)66-38-60-37-43-34-40(33-39(2)48(43)55-60)35-47(50(62)58-30-28-57(29-31-58)44-22-24-56(3)25-23-44)54-51(63)59-26-20-41(21-27-59)45-36-42-18-15-16-19-46(42)53-49(45)61/h15-16,18-19,33-34,36-37,41,44,47H,4-14,17,20-32,35,38H2,1-3H3,(H,53,61)(H,54,63). The molecular formula is C52H76N8O6. The van der Waals surface area contributed by atoms with E-state index >= 15 is 0 Å². The monoisotopic (exact) mass is 909 g/mol. The van der Waals surface area contributed by atoms with Gasteiger partial charge in [0.25, 0.3) is 5.56 Å². The molecule has 2 N–H and O–H groups in total. The van der Waals surface area contributed by atoms with Crippen molar-refractivity contribution in [3.63, 3.8) is 0 Å². The number of carbonyl (C=O) groups is 3. The zero-order valence-corrected chi connectivity index (χ0v) is 40.1. The Bertz CT molecular complexity index is 2230. The number of pyridine rings is 1. The van der Waals surface area contributed by atoms with Crippen molar-refractivity contribution in [2.24, 2.45) is 0 Å². The Morgan fingerprint density at radius 1 is 0.773 bits per heavy atom. The summed E-state index contributed by atoms with van der Waals surface area (Å²) in [5.41, 5.74) is 4.10. The molecule has 0 saturated carbocycles. The van der Waals surface area contributed by atoms with Crippen molar-refractivity contribution in [1.29, 1.82) is 0 Å². The fourth-order valence-electron chi connectivity index (χ4n) is 10.3. The van der Waals surface area contributed by atoms with Gasteiger partial charge in [-0.2, -0.15) is 5.10 Å². The van der Waals surface area contributed by atoms with E-state index in [1.54, 1.807) is 9.58 Å². The largest absolute Gasteiger partial charge is 0.510 e. The van der Waals surface area contributed by atoms with Gasteiger partial charge in [-0.25, -0.2) is 14.3 Å². The van der Waals surface area contributed by atoms with Crippen molar-refractivity contribution in [2.75, 3.05) is 66.0 Å². The number of H-pyrrole nitrogens is 1. The number of piperazine rings is 1. The number of aryl methyl sites for hydroxylation is 1. The van der Waals surface area contributed by atoms with Crippen LogP contribution in [0.4, 0.5) is 9.59 Å². The highest BCUT2D eigenvalue weighted by Gasteiger charge is 2.34. The van der Waals surface area contributed by atoms with E-state index < -0.39 is 12.2 Å². The maximum absolute atomic E-state index is 14.5. The molecule has 0 bridgehead atoms. The molecular weight excluding hydrogens is 833 g/mol. The van der Waals surface area contributed by atoms with E-state index in [2.05, 4.69) is 34.1 Å². The van der Waals surface area contributed by atoms with E-state index in [0.717, 1.165) is 96.8 Å². The van der Waals surface area contributed by atoms with Crippen LogP contribution in [0, 0.1) is 6.92 Å². The number of urea groups is 1. The second-order valence-electron chi connectivity index (χ2n) is 19.3. The molecule has 3 aliphatic rings. The zero-order chi connectivity index (χ0) is 46.3. The molecule has 3 aliphatic heterocycles. The Morgan fingerprint density at radius 3 is 2.14 bits per heavy atom. The third-order valence-electron chi connectivity index (χ3n) is 14.3. The van der Waals surface area contributed by atoms with Gasteiger partial charge < -0.3 is 34.5 Å². The minimum Gasteiger partial charge on any atom is -0.434 e. The van der Waals surface area contributed by atoms with Gasteiger partial charge in [0.2, 0.25) is 5.91 Å². The topological polar surface area (TPSA) is 145 Å². The quantitative estimate of drug-likeness (QED) is 0.0620. The molecule has 4 aromatic rings. The number of hydrogen-bond acceptors (Lipinski definition) is 9. The van der Waals surface area contributed by atoms with Crippen molar-refractivity contribution in [1.82, 2.24) is 39.7 Å². The summed E-state index contributed by atoms with van der Waals surface area (Å²) in [5, 5.41) is 9.71. The number of carbonyl (C=O) groups excluding carboxylic acids is 3. The summed E-state index contributed by atoms with van der Waals surface area (Å²) in [6, 6.07) is 13.3. The van der Waals surface area contributed by atoms with Crippen LogP contribution in [0.1, 0.15) is 132 Å². The van der Waals surface area contributed by atoms with Crippen molar-refractivity contribution < 1.29 is 23.9 Å². The van der Waals surface area contributed by atoms with Gasteiger partial charge >= 0.3 is 12.2 Å². The summed E-state index contributed by atoms with van der Waals surface area (Å²) in [4.78, 5) is 65.7. The molecule has 360 valence electrons. The molecule has 7 rings (SSSR count). The van der Waals surface area contributed by atoms with E-state index in [4.69, 9.17) is 14.6 Å². The molecule has 1 atom stereocenters. The number of para-hydroxylation sites is 1.